The number of nitrogens with two attached hydrogens (primary N) is 1. The summed E-state index contributed by atoms with van der Waals surface area (Å²) in [5, 5.41) is 5.82. The molecule has 0 heterocycles. The third-order valence-electron chi connectivity index (χ3n) is 2.27. The van der Waals surface area contributed by atoms with E-state index in [0.717, 1.165) is 6.42 Å². The van der Waals surface area contributed by atoms with E-state index in [1.54, 1.807) is 14.0 Å². The van der Waals surface area contributed by atoms with Crippen molar-refractivity contribution in [1.82, 2.24) is 10.6 Å². The lowest BCUT2D eigenvalue weighted by Crippen LogP contribution is -2.43. The highest BCUT2D eigenvalue weighted by Gasteiger charge is 2.10. The Morgan fingerprint density at radius 3 is 2.59 bits per heavy atom. The second-order valence-corrected chi connectivity index (χ2v) is 3.88. The maximum absolute atomic E-state index is 11.5. The number of methoxy groups -OCH3 is 1. The number of hydrogen-bond acceptors (Lipinski definition) is 4. The van der Waals surface area contributed by atoms with Gasteiger partial charge >= 0.3 is 0 Å². The van der Waals surface area contributed by atoms with E-state index < -0.39 is 0 Å². The van der Waals surface area contributed by atoms with Crippen LogP contribution < -0.4 is 16.4 Å². The van der Waals surface area contributed by atoms with Gasteiger partial charge in [-0.3, -0.25) is 9.59 Å². The van der Waals surface area contributed by atoms with Gasteiger partial charge in [0.15, 0.2) is 0 Å². The molecule has 0 aromatic rings. The Morgan fingerprint density at radius 2 is 2.00 bits per heavy atom. The summed E-state index contributed by atoms with van der Waals surface area (Å²) >= 11 is 0. The quantitative estimate of drug-likeness (QED) is 0.447. The molecule has 0 aromatic heterocycles. The van der Waals surface area contributed by atoms with Crippen molar-refractivity contribution in [3.05, 3.63) is 0 Å². The molecular weight excluding hydrogens is 222 g/mol. The molecule has 2 amide bonds. The van der Waals surface area contributed by atoms with E-state index in [2.05, 4.69) is 10.6 Å². The number of carbonyl (C=O) groups excluding carboxylic acids is 2. The number of rotatable bonds is 10. The molecule has 100 valence electrons. The Balaban J connectivity index is 3.50. The van der Waals surface area contributed by atoms with Gasteiger partial charge in [-0.1, -0.05) is 0 Å². The fraction of sp³-hybridized carbons (Fsp3) is 0.818. The predicted octanol–water partition coefficient (Wildman–Crippen LogP) is -0.617. The lowest BCUT2D eigenvalue weighted by atomic mass is 10.2. The first kappa shape index (κ1) is 15.9. The second kappa shape index (κ2) is 10.0. The van der Waals surface area contributed by atoms with Gasteiger partial charge in [-0.15, -0.1) is 0 Å². The van der Waals surface area contributed by atoms with Crippen LogP contribution in [0, 0.1) is 0 Å². The molecule has 1 unspecified atom stereocenters. The molecule has 0 fully saturated rings. The van der Waals surface area contributed by atoms with Crippen LogP contribution in [0.4, 0.5) is 0 Å². The zero-order valence-electron chi connectivity index (χ0n) is 10.6. The maximum atomic E-state index is 11.5. The fourth-order valence-corrected chi connectivity index (χ4v) is 1.26. The smallest absolute Gasteiger partial charge is 0.236 e. The summed E-state index contributed by atoms with van der Waals surface area (Å²) in [5.74, 6) is -0.358. The van der Waals surface area contributed by atoms with Crippen molar-refractivity contribution in [2.24, 2.45) is 5.73 Å². The average molecular weight is 245 g/mol. The summed E-state index contributed by atoms with van der Waals surface area (Å²) in [4.78, 5) is 22.0. The molecule has 0 saturated carbocycles. The van der Waals surface area contributed by atoms with Gasteiger partial charge in [0, 0.05) is 26.7 Å². The van der Waals surface area contributed by atoms with Crippen molar-refractivity contribution in [2.45, 2.75) is 32.2 Å². The number of ether oxygens (including phenoxy) is 1. The molecule has 0 saturated heterocycles. The monoisotopic (exact) mass is 245 g/mol. The molecule has 6 heteroatoms. The SMILES string of the molecule is COCCCNC(=O)C(C)NCCCC(N)=O. The largest absolute Gasteiger partial charge is 0.385 e. The standard InChI is InChI=1S/C11H23N3O3/c1-9(13-6-3-5-10(12)15)11(16)14-7-4-8-17-2/h9,13H,3-8H2,1-2H3,(H2,12,15)(H,14,16). The number of hydrogen-bond donors (Lipinski definition) is 3. The Bertz CT molecular complexity index is 234. The fourth-order valence-electron chi connectivity index (χ4n) is 1.26. The van der Waals surface area contributed by atoms with Crippen molar-refractivity contribution in [1.29, 1.82) is 0 Å². The summed E-state index contributed by atoms with van der Waals surface area (Å²) in [7, 11) is 1.63. The molecule has 17 heavy (non-hydrogen) atoms. The van der Waals surface area contributed by atoms with Gasteiger partial charge in [-0.2, -0.15) is 0 Å². The highest BCUT2D eigenvalue weighted by atomic mass is 16.5. The van der Waals surface area contributed by atoms with E-state index in [-0.39, 0.29) is 17.9 Å². The molecule has 6 nitrogen and oxygen atoms in total. The molecule has 4 N–H and O–H groups in total. The third-order valence-corrected chi connectivity index (χ3v) is 2.27. The summed E-state index contributed by atoms with van der Waals surface area (Å²) in [6.45, 7) is 3.65. The van der Waals surface area contributed by atoms with Crippen molar-refractivity contribution in [3.63, 3.8) is 0 Å². The van der Waals surface area contributed by atoms with Crippen LogP contribution in [0.15, 0.2) is 0 Å². The minimum Gasteiger partial charge on any atom is -0.385 e. The van der Waals surface area contributed by atoms with E-state index in [9.17, 15) is 9.59 Å². The zero-order valence-corrected chi connectivity index (χ0v) is 10.6. The van der Waals surface area contributed by atoms with Crippen LogP contribution in [-0.2, 0) is 14.3 Å². The lowest BCUT2D eigenvalue weighted by molar-refractivity contribution is -0.122. The first-order chi connectivity index (χ1) is 8.07. The highest BCUT2D eigenvalue weighted by Crippen LogP contribution is 1.88. The molecule has 0 radical (unpaired) electrons. The van der Waals surface area contributed by atoms with Gasteiger partial charge in [0.25, 0.3) is 0 Å². The number of carbonyl (C=O) groups is 2. The molecule has 0 rings (SSSR count). The second-order valence-electron chi connectivity index (χ2n) is 3.88. The molecule has 0 bridgehead atoms. The van der Waals surface area contributed by atoms with Crippen LogP contribution in [0.1, 0.15) is 26.2 Å². The Kier molecular flexibility index (Phi) is 9.37. The Morgan fingerprint density at radius 1 is 1.29 bits per heavy atom. The van der Waals surface area contributed by atoms with Crippen LogP contribution in [0.2, 0.25) is 0 Å². The average Bonchev–Trinajstić information content (AvgIpc) is 2.29. The van der Waals surface area contributed by atoms with E-state index in [1.165, 1.54) is 0 Å². The van der Waals surface area contributed by atoms with Gasteiger partial charge in [0.1, 0.15) is 0 Å². The molecule has 0 aliphatic heterocycles. The van der Waals surface area contributed by atoms with Crippen LogP contribution >= 0.6 is 0 Å². The van der Waals surface area contributed by atoms with Crippen LogP contribution in [0.5, 0.6) is 0 Å². The molecular formula is C11H23N3O3. The van der Waals surface area contributed by atoms with Gasteiger partial charge in [0.05, 0.1) is 6.04 Å². The van der Waals surface area contributed by atoms with Gasteiger partial charge in [0.2, 0.25) is 11.8 Å². The van der Waals surface area contributed by atoms with Gasteiger partial charge in [-0.05, 0) is 26.3 Å². The van der Waals surface area contributed by atoms with Crippen LogP contribution in [-0.4, -0.2) is 44.7 Å². The predicted molar refractivity (Wildman–Crippen MR) is 65.4 cm³/mol. The van der Waals surface area contributed by atoms with Crippen molar-refractivity contribution >= 4 is 11.8 Å². The van der Waals surface area contributed by atoms with Gasteiger partial charge in [-0.25, -0.2) is 0 Å². The Hall–Kier alpha value is -1.14. The summed E-state index contributed by atoms with van der Waals surface area (Å²) in [5.41, 5.74) is 5.01. The van der Waals surface area contributed by atoms with Crippen molar-refractivity contribution in [3.8, 4) is 0 Å². The van der Waals surface area contributed by atoms with E-state index in [0.29, 0.717) is 32.5 Å². The molecule has 0 aliphatic carbocycles. The first-order valence-electron chi connectivity index (χ1n) is 5.86. The topological polar surface area (TPSA) is 93.4 Å². The molecule has 0 aliphatic rings. The number of nitrogens with one attached hydrogen (secondary N) is 2. The number of amides is 2. The lowest BCUT2D eigenvalue weighted by Gasteiger charge is -2.13. The van der Waals surface area contributed by atoms with Crippen molar-refractivity contribution < 1.29 is 14.3 Å². The number of primary amides is 1. The van der Waals surface area contributed by atoms with Crippen molar-refractivity contribution in [2.75, 3.05) is 26.8 Å². The summed E-state index contributed by atoms with van der Waals surface area (Å²) in [6, 6.07) is -0.259. The van der Waals surface area contributed by atoms with Crippen LogP contribution in [0.3, 0.4) is 0 Å². The Labute approximate surface area is 102 Å². The zero-order chi connectivity index (χ0) is 13.1. The minimum atomic E-state index is -0.316. The first-order valence-corrected chi connectivity index (χ1v) is 5.86. The van der Waals surface area contributed by atoms with E-state index >= 15 is 0 Å². The summed E-state index contributed by atoms with van der Waals surface area (Å²) < 4.78 is 4.88. The molecule has 0 spiro atoms. The molecule has 0 aromatic carbocycles. The maximum Gasteiger partial charge on any atom is 0.236 e. The molecule has 1 atom stereocenters. The summed E-state index contributed by atoms with van der Waals surface area (Å²) in [6.07, 6.45) is 1.79. The van der Waals surface area contributed by atoms with Gasteiger partial charge < -0.3 is 21.1 Å². The van der Waals surface area contributed by atoms with Crippen LogP contribution in [0.25, 0.3) is 0 Å². The third kappa shape index (κ3) is 9.77. The normalized spacial score (nSPS) is 12.1. The minimum absolute atomic E-state index is 0.0415. The highest BCUT2D eigenvalue weighted by molar-refractivity contribution is 5.81. The van der Waals surface area contributed by atoms with E-state index in [4.69, 9.17) is 10.5 Å². The van der Waals surface area contributed by atoms with E-state index in [1.807, 2.05) is 0 Å².